The molecular weight excluding hydrogens is 258 g/mol. The summed E-state index contributed by atoms with van der Waals surface area (Å²) in [5.74, 6) is 0.928. The Morgan fingerprint density at radius 3 is 2.24 bits per heavy atom. The number of nitrogens with zero attached hydrogens (tertiary/aromatic N) is 2. The molecule has 1 aliphatic carbocycles. The minimum Gasteiger partial charge on any atom is -0.369 e. The van der Waals surface area contributed by atoms with Crippen molar-refractivity contribution in [1.29, 1.82) is 0 Å². The average molecular weight is 287 g/mol. The molecule has 1 heterocycles. The zero-order chi connectivity index (χ0) is 14.5. The summed E-state index contributed by atoms with van der Waals surface area (Å²) < 4.78 is 0. The van der Waals surface area contributed by atoms with Gasteiger partial charge < -0.3 is 10.6 Å². The summed E-state index contributed by atoms with van der Waals surface area (Å²) in [5.41, 5.74) is 7.36. The van der Waals surface area contributed by atoms with Gasteiger partial charge in [-0.15, -0.1) is 0 Å². The van der Waals surface area contributed by atoms with Crippen molar-refractivity contribution in [2.45, 2.75) is 38.1 Å². The molecule has 0 radical (unpaired) electrons. The maximum atomic E-state index is 5.99. The molecule has 3 rings (SSSR count). The summed E-state index contributed by atoms with van der Waals surface area (Å²) in [7, 11) is 0. The van der Waals surface area contributed by atoms with Gasteiger partial charge in [-0.05, 0) is 56.7 Å². The summed E-state index contributed by atoms with van der Waals surface area (Å²) >= 11 is 0. The number of anilines is 1. The highest BCUT2D eigenvalue weighted by Crippen LogP contribution is 2.26. The van der Waals surface area contributed by atoms with Gasteiger partial charge in [-0.1, -0.05) is 18.2 Å². The molecule has 116 valence electrons. The lowest BCUT2D eigenvalue weighted by molar-refractivity contribution is 0.217. The minimum atomic E-state index is 0.482. The molecule has 0 amide bonds. The molecule has 2 fully saturated rings. The number of rotatable bonds is 4. The molecule has 0 bridgehead atoms. The highest BCUT2D eigenvalue weighted by molar-refractivity contribution is 5.46. The van der Waals surface area contributed by atoms with Crippen molar-refractivity contribution < 1.29 is 0 Å². The number of hydrogen-bond acceptors (Lipinski definition) is 3. The third kappa shape index (κ3) is 4.21. The predicted molar refractivity (Wildman–Crippen MR) is 89.6 cm³/mol. The van der Waals surface area contributed by atoms with Crippen molar-refractivity contribution >= 4 is 5.69 Å². The second kappa shape index (κ2) is 7.28. The third-order valence-corrected chi connectivity index (χ3v) is 5.24. The molecule has 2 aliphatic rings. The highest BCUT2D eigenvalue weighted by atomic mass is 15.3. The molecule has 0 unspecified atom stereocenters. The van der Waals surface area contributed by atoms with Gasteiger partial charge in [-0.25, -0.2) is 0 Å². The average Bonchev–Trinajstić information content (AvgIpc) is 2.56. The van der Waals surface area contributed by atoms with Gasteiger partial charge in [0.05, 0.1) is 0 Å². The van der Waals surface area contributed by atoms with Crippen LogP contribution in [0.2, 0.25) is 0 Å². The molecule has 3 heteroatoms. The fourth-order valence-corrected chi connectivity index (χ4v) is 3.71. The maximum absolute atomic E-state index is 5.99. The molecule has 1 aromatic carbocycles. The highest BCUT2D eigenvalue weighted by Gasteiger charge is 2.21. The number of benzene rings is 1. The first kappa shape index (κ1) is 14.9. The van der Waals surface area contributed by atoms with E-state index in [2.05, 4.69) is 40.1 Å². The molecule has 21 heavy (non-hydrogen) atoms. The van der Waals surface area contributed by atoms with Crippen LogP contribution in [-0.4, -0.2) is 43.7 Å². The Balaban J connectivity index is 1.38. The van der Waals surface area contributed by atoms with Crippen molar-refractivity contribution in [2.24, 2.45) is 11.7 Å². The lowest BCUT2D eigenvalue weighted by Gasteiger charge is -2.37. The summed E-state index contributed by atoms with van der Waals surface area (Å²) in [4.78, 5) is 5.16. The Bertz CT molecular complexity index is 404. The topological polar surface area (TPSA) is 32.5 Å². The van der Waals surface area contributed by atoms with Crippen LogP contribution in [0.4, 0.5) is 5.69 Å². The van der Waals surface area contributed by atoms with Crippen LogP contribution >= 0.6 is 0 Å². The predicted octanol–water partition coefficient (Wildman–Crippen LogP) is 2.72. The van der Waals surface area contributed by atoms with Crippen LogP contribution in [0.1, 0.15) is 32.1 Å². The smallest absolute Gasteiger partial charge is 0.0367 e. The Morgan fingerprint density at radius 1 is 0.905 bits per heavy atom. The Hall–Kier alpha value is -1.06. The van der Waals surface area contributed by atoms with Crippen molar-refractivity contribution in [3.63, 3.8) is 0 Å². The molecule has 1 aliphatic heterocycles. The van der Waals surface area contributed by atoms with Crippen molar-refractivity contribution in [3.8, 4) is 0 Å². The lowest BCUT2D eigenvalue weighted by Crippen LogP contribution is -2.47. The molecule has 1 saturated heterocycles. The number of hydrogen-bond donors (Lipinski definition) is 1. The zero-order valence-corrected chi connectivity index (χ0v) is 13.1. The van der Waals surface area contributed by atoms with Crippen LogP contribution < -0.4 is 10.6 Å². The Kier molecular flexibility index (Phi) is 5.15. The van der Waals surface area contributed by atoms with Crippen LogP contribution in [0.15, 0.2) is 30.3 Å². The normalized spacial score (nSPS) is 27.8. The molecule has 3 nitrogen and oxygen atoms in total. The van der Waals surface area contributed by atoms with E-state index in [9.17, 15) is 0 Å². The standard InChI is InChI=1S/C18H29N3/c19-17-8-6-16(7-9-17)10-11-20-12-14-21(15-13-20)18-4-2-1-3-5-18/h1-5,16-17H,6-15,19H2. The fourth-order valence-electron chi connectivity index (χ4n) is 3.71. The second-order valence-corrected chi connectivity index (χ2v) is 6.73. The van der Waals surface area contributed by atoms with E-state index in [0.29, 0.717) is 6.04 Å². The molecular formula is C18H29N3. The molecule has 2 N–H and O–H groups in total. The van der Waals surface area contributed by atoms with E-state index in [0.717, 1.165) is 5.92 Å². The first-order chi connectivity index (χ1) is 10.3. The fraction of sp³-hybridized carbons (Fsp3) is 0.667. The molecule has 1 saturated carbocycles. The van der Waals surface area contributed by atoms with E-state index in [1.54, 1.807) is 0 Å². The van der Waals surface area contributed by atoms with E-state index >= 15 is 0 Å². The monoisotopic (exact) mass is 287 g/mol. The first-order valence-corrected chi connectivity index (χ1v) is 8.59. The van der Waals surface area contributed by atoms with E-state index in [1.807, 2.05) is 0 Å². The molecule has 0 atom stereocenters. The van der Waals surface area contributed by atoms with E-state index in [1.165, 1.54) is 70.5 Å². The van der Waals surface area contributed by atoms with Gasteiger partial charge in [-0.2, -0.15) is 0 Å². The lowest BCUT2D eigenvalue weighted by atomic mass is 9.84. The number of nitrogens with two attached hydrogens (primary N) is 1. The van der Waals surface area contributed by atoms with Gasteiger partial charge in [0.1, 0.15) is 0 Å². The number of piperazine rings is 1. The van der Waals surface area contributed by atoms with Crippen LogP contribution in [0.5, 0.6) is 0 Å². The van der Waals surface area contributed by atoms with Gasteiger partial charge in [0.25, 0.3) is 0 Å². The Morgan fingerprint density at radius 2 is 1.57 bits per heavy atom. The van der Waals surface area contributed by atoms with Gasteiger partial charge in [0, 0.05) is 37.9 Å². The van der Waals surface area contributed by atoms with Crippen molar-refractivity contribution in [1.82, 2.24) is 4.90 Å². The summed E-state index contributed by atoms with van der Waals surface area (Å²) in [6.07, 6.45) is 6.56. The van der Waals surface area contributed by atoms with E-state index in [4.69, 9.17) is 5.73 Å². The van der Waals surface area contributed by atoms with Gasteiger partial charge >= 0.3 is 0 Å². The van der Waals surface area contributed by atoms with Gasteiger partial charge in [0.15, 0.2) is 0 Å². The summed E-state index contributed by atoms with van der Waals surface area (Å²) in [6.45, 7) is 6.03. The SMILES string of the molecule is NC1CCC(CCN2CCN(c3ccccc3)CC2)CC1. The number of para-hydroxylation sites is 1. The van der Waals surface area contributed by atoms with Crippen LogP contribution in [0.25, 0.3) is 0 Å². The van der Waals surface area contributed by atoms with Gasteiger partial charge in [-0.3, -0.25) is 4.90 Å². The third-order valence-electron chi connectivity index (χ3n) is 5.24. The quantitative estimate of drug-likeness (QED) is 0.924. The van der Waals surface area contributed by atoms with E-state index < -0.39 is 0 Å². The van der Waals surface area contributed by atoms with E-state index in [-0.39, 0.29) is 0 Å². The first-order valence-electron chi connectivity index (χ1n) is 8.59. The molecule has 0 aromatic heterocycles. The van der Waals surface area contributed by atoms with Gasteiger partial charge in [0.2, 0.25) is 0 Å². The largest absolute Gasteiger partial charge is 0.369 e. The molecule has 0 spiro atoms. The van der Waals surface area contributed by atoms with Crippen molar-refractivity contribution in [3.05, 3.63) is 30.3 Å². The van der Waals surface area contributed by atoms with Crippen LogP contribution in [-0.2, 0) is 0 Å². The second-order valence-electron chi connectivity index (χ2n) is 6.73. The molecule has 1 aromatic rings. The maximum Gasteiger partial charge on any atom is 0.0367 e. The summed E-state index contributed by atoms with van der Waals surface area (Å²) in [5, 5.41) is 0. The minimum absolute atomic E-state index is 0.482. The Labute approximate surface area is 129 Å². The summed E-state index contributed by atoms with van der Waals surface area (Å²) in [6, 6.07) is 11.3. The van der Waals surface area contributed by atoms with Crippen molar-refractivity contribution in [2.75, 3.05) is 37.6 Å². The van der Waals surface area contributed by atoms with Crippen LogP contribution in [0, 0.1) is 5.92 Å². The zero-order valence-electron chi connectivity index (χ0n) is 13.1. The van der Waals surface area contributed by atoms with Crippen LogP contribution in [0.3, 0.4) is 0 Å².